The zero-order valence-electron chi connectivity index (χ0n) is 11.8. The maximum atomic E-state index is 12.6. The summed E-state index contributed by atoms with van der Waals surface area (Å²) in [4.78, 5) is 0. The molecule has 0 N–H and O–H groups in total. The molecule has 0 fully saturated rings. The fraction of sp³-hybridized carbons (Fsp3) is 0.333. The molecule has 20 heavy (non-hydrogen) atoms. The lowest BCUT2D eigenvalue weighted by molar-refractivity contribution is 0.283. The fourth-order valence-electron chi connectivity index (χ4n) is 1.51. The molecule has 8 heteroatoms. The van der Waals surface area contributed by atoms with E-state index in [-0.39, 0.29) is 5.31 Å². The van der Waals surface area contributed by atoms with Gasteiger partial charge in [0.25, 0.3) is 0 Å². The summed E-state index contributed by atoms with van der Waals surface area (Å²) in [6.45, 7) is 0. The van der Waals surface area contributed by atoms with Crippen LogP contribution in [0.4, 0.5) is 0 Å². The summed E-state index contributed by atoms with van der Waals surface area (Å²) < 4.78 is 44.5. The van der Waals surface area contributed by atoms with Crippen LogP contribution in [0.25, 0.3) is 5.31 Å². The number of hydrogen-bond acceptors (Lipinski definition) is 6. The van der Waals surface area contributed by atoms with Gasteiger partial charge in [-0.15, -0.1) is 0 Å². The molecule has 1 rings (SSSR count). The summed E-state index contributed by atoms with van der Waals surface area (Å²) >= 11 is 0. The molecule has 0 atom stereocenters. The third-order valence-corrected chi connectivity index (χ3v) is 6.37. The van der Waals surface area contributed by atoms with Gasteiger partial charge in [0, 0.05) is 34.3 Å². The third kappa shape index (κ3) is 3.89. The van der Waals surface area contributed by atoms with Gasteiger partial charge in [0.1, 0.15) is 0 Å². The standard InChI is InChI=1S/C12H18O6P2/c1-15-19(13,16-2)10-12(20(14,17-3)18-4)11-8-6-5-7-9-11/h5-10H,1-4H3/b12-10+. The van der Waals surface area contributed by atoms with Crippen LogP contribution >= 0.6 is 15.2 Å². The molecular weight excluding hydrogens is 302 g/mol. The topological polar surface area (TPSA) is 71.1 Å². The van der Waals surface area contributed by atoms with Crippen molar-refractivity contribution in [2.45, 2.75) is 0 Å². The van der Waals surface area contributed by atoms with Gasteiger partial charge in [-0.3, -0.25) is 9.13 Å². The smallest absolute Gasteiger partial charge is 0.309 e. The van der Waals surface area contributed by atoms with Crippen molar-refractivity contribution in [2.75, 3.05) is 28.4 Å². The summed E-state index contributed by atoms with van der Waals surface area (Å²) in [5.74, 6) is 1.16. The molecule has 1 aromatic rings. The molecule has 112 valence electrons. The van der Waals surface area contributed by atoms with E-state index in [0.717, 1.165) is 5.82 Å². The second-order valence-electron chi connectivity index (χ2n) is 3.65. The van der Waals surface area contributed by atoms with Gasteiger partial charge in [-0.05, 0) is 5.56 Å². The van der Waals surface area contributed by atoms with E-state index in [1.807, 2.05) is 0 Å². The Morgan fingerprint density at radius 2 is 1.40 bits per heavy atom. The molecule has 0 bridgehead atoms. The van der Waals surface area contributed by atoms with Crippen LogP contribution in [0.15, 0.2) is 36.1 Å². The first kappa shape index (κ1) is 17.3. The lowest BCUT2D eigenvalue weighted by atomic mass is 10.2. The average Bonchev–Trinajstić information content (AvgIpc) is 2.52. The van der Waals surface area contributed by atoms with E-state index < -0.39 is 15.2 Å². The van der Waals surface area contributed by atoms with Crippen molar-refractivity contribution >= 4 is 20.5 Å². The van der Waals surface area contributed by atoms with E-state index in [2.05, 4.69) is 0 Å². The zero-order valence-corrected chi connectivity index (χ0v) is 13.6. The molecule has 6 nitrogen and oxygen atoms in total. The largest absolute Gasteiger partial charge is 0.361 e. The van der Waals surface area contributed by atoms with Crippen molar-refractivity contribution in [3.8, 4) is 0 Å². The maximum absolute atomic E-state index is 12.6. The summed E-state index contributed by atoms with van der Waals surface area (Å²) in [7, 11) is -2.13. The average molecular weight is 320 g/mol. The van der Waals surface area contributed by atoms with E-state index in [1.165, 1.54) is 28.4 Å². The Hall–Kier alpha value is -0.740. The van der Waals surface area contributed by atoms with E-state index >= 15 is 0 Å². The van der Waals surface area contributed by atoms with Crippen molar-refractivity contribution in [3.63, 3.8) is 0 Å². The number of benzene rings is 1. The maximum Gasteiger partial charge on any atom is 0.361 e. The summed E-state index contributed by atoms with van der Waals surface area (Å²) in [5.41, 5.74) is 0.550. The molecule has 0 aliphatic carbocycles. The van der Waals surface area contributed by atoms with Crippen molar-refractivity contribution in [3.05, 3.63) is 41.7 Å². The van der Waals surface area contributed by atoms with E-state index in [1.54, 1.807) is 30.3 Å². The Labute approximate surface area is 118 Å². The molecule has 0 aliphatic heterocycles. The fourth-order valence-corrected chi connectivity index (χ4v) is 4.32. The highest BCUT2D eigenvalue weighted by Crippen LogP contribution is 2.64. The Balaban J connectivity index is 3.48. The monoisotopic (exact) mass is 320 g/mol. The van der Waals surface area contributed by atoms with Crippen molar-refractivity contribution in [2.24, 2.45) is 0 Å². The Kier molecular flexibility index (Phi) is 6.34. The minimum atomic E-state index is -3.61. The van der Waals surface area contributed by atoms with E-state index in [9.17, 15) is 9.13 Å². The predicted molar refractivity (Wildman–Crippen MR) is 77.7 cm³/mol. The first-order valence-electron chi connectivity index (χ1n) is 5.66. The minimum absolute atomic E-state index is 0.134. The van der Waals surface area contributed by atoms with Crippen LogP contribution in [0.2, 0.25) is 0 Å². The highest BCUT2D eigenvalue weighted by atomic mass is 31.2. The van der Waals surface area contributed by atoms with Gasteiger partial charge in [-0.25, -0.2) is 0 Å². The van der Waals surface area contributed by atoms with Gasteiger partial charge in [0.15, 0.2) is 0 Å². The highest BCUT2D eigenvalue weighted by molar-refractivity contribution is 7.67. The molecule has 0 amide bonds. The molecule has 0 radical (unpaired) electrons. The Bertz CT molecular complexity index is 538. The lowest BCUT2D eigenvalue weighted by Crippen LogP contribution is -1.95. The molecule has 0 saturated heterocycles. The second kappa shape index (κ2) is 7.32. The zero-order chi connectivity index (χ0) is 15.2. The SMILES string of the molecule is COP(=O)(/C=C(\c1ccccc1)P(=O)(OC)OC)OC. The van der Waals surface area contributed by atoms with Crippen LogP contribution in [-0.4, -0.2) is 28.4 Å². The molecule has 0 spiro atoms. The van der Waals surface area contributed by atoms with Crippen LogP contribution < -0.4 is 0 Å². The van der Waals surface area contributed by atoms with Gasteiger partial charge in [0.05, 0.1) is 5.31 Å². The molecule has 0 heterocycles. The second-order valence-corrected chi connectivity index (χ2v) is 7.92. The van der Waals surface area contributed by atoms with Gasteiger partial charge in [-0.1, -0.05) is 30.3 Å². The van der Waals surface area contributed by atoms with Crippen LogP contribution in [0.1, 0.15) is 5.56 Å². The Morgan fingerprint density at radius 1 is 0.900 bits per heavy atom. The van der Waals surface area contributed by atoms with E-state index in [0.29, 0.717) is 5.56 Å². The molecule has 1 aromatic carbocycles. The summed E-state index contributed by atoms with van der Waals surface area (Å²) in [5, 5.41) is 0.134. The van der Waals surface area contributed by atoms with Gasteiger partial charge >= 0.3 is 15.2 Å². The van der Waals surface area contributed by atoms with Gasteiger partial charge in [0.2, 0.25) is 0 Å². The van der Waals surface area contributed by atoms with Gasteiger partial charge < -0.3 is 18.1 Å². The Morgan fingerprint density at radius 3 is 1.80 bits per heavy atom. The molecular formula is C12H18O6P2. The van der Waals surface area contributed by atoms with Crippen LogP contribution in [-0.2, 0) is 27.2 Å². The number of rotatable bonds is 7. The van der Waals surface area contributed by atoms with Crippen LogP contribution in [0, 0.1) is 0 Å². The molecule has 0 saturated carbocycles. The van der Waals surface area contributed by atoms with Crippen molar-refractivity contribution in [1.82, 2.24) is 0 Å². The molecule has 0 unspecified atom stereocenters. The van der Waals surface area contributed by atoms with Crippen LogP contribution in [0.5, 0.6) is 0 Å². The van der Waals surface area contributed by atoms with E-state index in [4.69, 9.17) is 18.1 Å². The van der Waals surface area contributed by atoms with Crippen molar-refractivity contribution in [1.29, 1.82) is 0 Å². The van der Waals surface area contributed by atoms with Crippen LogP contribution in [0.3, 0.4) is 0 Å². The highest BCUT2D eigenvalue weighted by Gasteiger charge is 2.33. The first-order valence-corrected chi connectivity index (χ1v) is 8.81. The molecule has 0 aromatic heterocycles. The summed E-state index contributed by atoms with van der Waals surface area (Å²) in [6, 6.07) is 8.71. The lowest BCUT2D eigenvalue weighted by Gasteiger charge is -2.19. The summed E-state index contributed by atoms with van der Waals surface area (Å²) in [6.07, 6.45) is 0. The molecule has 0 aliphatic rings. The predicted octanol–water partition coefficient (Wildman–Crippen LogP) is 3.96. The normalized spacial score (nSPS) is 13.5. The quantitative estimate of drug-likeness (QED) is 0.708. The van der Waals surface area contributed by atoms with Crippen molar-refractivity contribution < 1.29 is 27.2 Å². The van der Waals surface area contributed by atoms with Gasteiger partial charge in [-0.2, -0.15) is 0 Å². The number of hydrogen-bond donors (Lipinski definition) is 0. The first-order chi connectivity index (χ1) is 9.44. The third-order valence-electron chi connectivity index (χ3n) is 2.63. The minimum Gasteiger partial charge on any atom is -0.309 e.